The molecule has 25 heavy (non-hydrogen) atoms. The van der Waals surface area contributed by atoms with Crippen LogP contribution in [0.15, 0.2) is 48.5 Å². The molecule has 0 spiro atoms. The van der Waals surface area contributed by atoms with Gasteiger partial charge in [-0.15, -0.1) is 0 Å². The van der Waals surface area contributed by atoms with Crippen molar-refractivity contribution < 1.29 is 27.5 Å². The van der Waals surface area contributed by atoms with E-state index in [9.17, 15) is 22.8 Å². The van der Waals surface area contributed by atoms with Crippen LogP contribution in [0, 0.1) is 0 Å². The first kappa shape index (κ1) is 18.5. The van der Waals surface area contributed by atoms with Gasteiger partial charge < -0.3 is 9.64 Å². The average molecular weight is 351 g/mol. The summed E-state index contributed by atoms with van der Waals surface area (Å²) in [6, 6.07) is 11.1. The van der Waals surface area contributed by atoms with E-state index < -0.39 is 11.7 Å². The van der Waals surface area contributed by atoms with E-state index in [1.807, 2.05) is 0 Å². The maximum atomic E-state index is 12.5. The van der Waals surface area contributed by atoms with Gasteiger partial charge in [0.1, 0.15) is 5.75 Å². The highest BCUT2D eigenvalue weighted by atomic mass is 19.4. The Kier molecular flexibility index (Phi) is 5.80. The quantitative estimate of drug-likeness (QED) is 0.748. The summed E-state index contributed by atoms with van der Waals surface area (Å²) in [5.74, 6) is -0.0608. The number of carbonyl (C=O) groups is 2. The summed E-state index contributed by atoms with van der Waals surface area (Å²) in [6.07, 6.45) is -3.76. The molecule has 0 aliphatic heterocycles. The van der Waals surface area contributed by atoms with E-state index in [4.69, 9.17) is 4.74 Å². The summed E-state index contributed by atoms with van der Waals surface area (Å²) in [5.41, 5.74) is 0.164. The van der Waals surface area contributed by atoms with Gasteiger partial charge in [-0.05, 0) is 29.8 Å². The van der Waals surface area contributed by atoms with E-state index in [0.717, 1.165) is 12.1 Å². The fourth-order valence-electron chi connectivity index (χ4n) is 2.12. The molecule has 0 bridgehead atoms. The van der Waals surface area contributed by atoms with Crippen molar-refractivity contribution in [2.45, 2.75) is 12.7 Å². The van der Waals surface area contributed by atoms with Crippen molar-refractivity contribution >= 4 is 12.2 Å². The molecule has 0 aromatic heterocycles. The van der Waals surface area contributed by atoms with Crippen LogP contribution in [-0.2, 0) is 17.5 Å². The van der Waals surface area contributed by atoms with Gasteiger partial charge in [0.2, 0.25) is 0 Å². The van der Waals surface area contributed by atoms with Crippen molar-refractivity contribution in [3.63, 3.8) is 0 Å². The minimum Gasteiger partial charge on any atom is -0.483 e. The van der Waals surface area contributed by atoms with Gasteiger partial charge in [-0.1, -0.05) is 24.3 Å². The summed E-state index contributed by atoms with van der Waals surface area (Å²) >= 11 is 0. The Morgan fingerprint density at radius 1 is 1.12 bits per heavy atom. The molecule has 0 heterocycles. The smallest absolute Gasteiger partial charge is 0.416 e. The highest BCUT2D eigenvalue weighted by Gasteiger charge is 2.29. The Balaban J connectivity index is 1.93. The third kappa shape index (κ3) is 5.07. The van der Waals surface area contributed by atoms with Crippen LogP contribution >= 0.6 is 0 Å². The summed E-state index contributed by atoms with van der Waals surface area (Å²) in [7, 11) is 1.52. The normalized spacial score (nSPS) is 11.0. The molecular weight excluding hydrogens is 335 g/mol. The molecule has 0 atom stereocenters. The molecule has 1 amide bonds. The van der Waals surface area contributed by atoms with Crippen LogP contribution in [0.1, 0.15) is 21.5 Å². The minimum absolute atomic E-state index is 0.148. The lowest BCUT2D eigenvalue weighted by Gasteiger charge is -2.18. The molecule has 4 nitrogen and oxygen atoms in total. The zero-order valence-corrected chi connectivity index (χ0v) is 13.4. The first-order valence-corrected chi connectivity index (χ1v) is 7.38. The van der Waals surface area contributed by atoms with Crippen LogP contribution in [0.3, 0.4) is 0 Å². The first-order chi connectivity index (χ1) is 11.8. The molecule has 0 saturated carbocycles. The standard InChI is InChI=1S/C18H16F3NO3/c1-22(10-13-6-8-15(9-7-13)18(19,20)21)17(24)12-25-16-5-3-2-4-14(16)11-23/h2-9,11H,10,12H2,1H3. The highest BCUT2D eigenvalue weighted by Crippen LogP contribution is 2.29. The maximum absolute atomic E-state index is 12.5. The average Bonchev–Trinajstić information content (AvgIpc) is 2.59. The number of alkyl halides is 3. The maximum Gasteiger partial charge on any atom is 0.416 e. The van der Waals surface area contributed by atoms with Crippen molar-refractivity contribution in [1.82, 2.24) is 4.90 Å². The second-order valence-electron chi connectivity index (χ2n) is 5.39. The topological polar surface area (TPSA) is 46.6 Å². The molecule has 0 unspecified atom stereocenters. The van der Waals surface area contributed by atoms with E-state index in [1.54, 1.807) is 24.3 Å². The van der Waals surface area contributed by atoms with E-state index in [-0.39, 0.29) is 19.1 Å². The van der Waals surface area contributed by atoms with Crippen molar-refractivity contribution in [3.8, 4) is 5.75 Å². The predicted molar refractivity (Wildman–Crippen MR) is 85.2 cm³/mol. The molecule has 0 saturated heterocycles. The number of nitrogens with zero attached hydrogens (tertiary/aromatic N) is 1. The predicted octanol–water partition coefficient (Wildman–Crippen LogP) is 3.56. The molecule has 2 aromatic carbocycles. The Morgan fingerprint density at radius 3 is 2.36 bits per heavy atom. The van der Waals surface area contributed by atoms with Crippen molar-refractivity contribution in [2.75, 3.05) is 13.7 Å². The number of carbonyl (C=O) groups excluding carboxylic acids is 2. The van der Waals surface area contributed by atoms with Gasteiger partial charge >= 0.3 is 6.18 Å². The van der Waals surface area contributed by atoms with E-state index in [1.165, 1.54) is 24.1 Å². The van der Waals surface area contributed by atoms with Crippen LogP contribution in [0.2, 0.25) is 0 Å². The molecule has 2 aromatic rings. The van der Waals surface area contributed by atoms with Gasteiger partial charge in [0, 0.05) is 13.6 Å². The van der Waals surface area contributed by atoms with Gasteiger partial charge in [-0.25, -0.2) is 0 Å². The Hall–Kier alpha value is -2.83. The molecule has 2 rings (SSSR count). The molecule has 0 radical (unpaired) electrons. The van der Waals surface area contributed by atoms with Crippen molar-refractivity contribution in [2.24, 2.45) is 0 Å². The second kappa shape index (κ2) is 7.83. The number of likely N-dealkylation sites (N-methyl/N-ethyl adjacent to an activating group) is 1. The van der Waals surface area contributed by atoms with E-state index in [2.05, 4.69) is 0 Å². The van der Waals surface area contributed by atoms with E-state index in [0.29, 0.717) is 23.2 Å². The number of amides is 1. The zero-order chi connectivity index (χ0) is 18.4. The van der Waals surface area contributed by atoms with Crippen LogP contribution < -0.4 is 4.74 Å². The number of halogens is 3. The first-order valence-electron chi connectivity index (χ1n) is 7.38. The number of aldehydes is 1. The summed E-state index contributed by atoms with van der Waals surface area (Å²) in [6.45, 7) is -0.127. The molecule has 0 aliphatic carbocycles. The molecule has 132 valence electrons. The highest BCUT2D eigenvalue weighted by molar-refractivity contribution is 5.80. The zero-order valence-electron chi connectivity index (χ0n) is 13.4. The monoisotopic (exact) mass is 351 g/mol. The molecular formula is C18H16F3NO3. The van der Waals surface area contributed by atoms with Gasteiger partial charge in [0.25, 0.3) is 5.91 Å². The van der Waals surface area contributed by atoms with Crippen LogP contribution in [-0.4, -0.2) is 30.7 Å². The number of rotatable bonds is 6. The number of benzene rings is 2. The third-order valence-electron chi connectivity index (χ3n) is 3.52. The molecule has 7 heteroatoms. The molecule has 0 aliphatic rings. The van der Waals surface area contributed by atoms with Crippen molar-refractivity contribution in [1.29, 1.82) is 0 Å². The Morgan fingerprint density at radius 2 is 1.76 bits per heavy atom. The third-order valence-corrected chi connectivity index (χ3v) is 3.52. The summed E-state index contributed by atoms with van der Waals surface area (Å²) in [5, 5.41) is 0. The van der Waals surface area contributed by atoms with Gasteiger partial charge in [0.15, 0.2) is 12.9 Å². The number of hydrogen-bond acceptors (Lipinski definition) is 3. The Bertz CT molecular complexity index is 742. The van der Waals surface area contributed by atoms with Crippen LogP contribution in [0.5, 0.6) is 5.75 Å². The number of hydrogen-bond donors (Lipinski definition) is 0. The lowest BCUT2D eigenvalue weighted by atomic mass is 10.1. The Labute approximate surface area is 142 Å². The lowest BCUT2D eigenvalue weighted by molar-refractivity contribution is -0.137. The summed E-state index contributed by atoms with van der Waals surface area (Å²) in [4.78, 5) is 24.3. The fourth-order valence-corrected chi connectivity index (χ4v) is 2.12. The summed E-state index contributed by atoms with van der Waals surface area (Å²) < 4.78 is 42.9. The number of ether oxygens (including phenoxy) is 1. The van der Waals surface area contributed by atoms with Gasteiger partial charge in [-0.3, -0.25) is 9.59 Å². The van der Waals surface area contributed by atoms with Crippen molar-refractivity contribution in [3.05, 3.63) is 65.2 Å². The van der Waals surface area contributed by atoms with Gasteiger partial charge in [-0.2, -0.15) is 13.2 Å². The van der Waals surface area contributed by atoms with Crippen LogP contribution in [0.25, 0.3) is 0 Å². The largest absolute Gasteiger partial charge is 0.483 e. The second-order valence-corrected chi connectivity index (χ2v) is 5.39. The lowest BCUT2D eigenvalue weighted by Crippen LogP contribution is -2.31. The fraction of sp³-hybridized carbons (Fsp3) is 0.222. The van der Waals surface area contributed by atoms with E-state index >= 15 is 0 Å². The van der Waals surface area contributed by atoms with Gasteiger partial charge in [0.05, 0.1) is 11.1 Å². The SMILES string of the molecule is CN(Cc1ccc(C(F)(F)F)cc1)C(=O)COc1ccccc1C=O. The number of para-hydroxylation sites is 1. The minimum atomic E-state index is -4.39. The molecule has 0 fully saturated rings. The molecule has 0 N–H and O–H groups in total. The van der Waals surface area contributed by atoms with Crippen LogP contribution in [0.4, 0.5) is 13.2 Å².